The van der Waals surface area contributed by atoms with Gasteiger partial charge in [-0.05, 0) is 59.8 Å². The number of nitrogens with one attached hydrogen (secondary N) is 1. The summed E-state index contributed by atoms with van der Waals surface area (Å²) in [5, 5.41) is 3.57. The molecule has 1 aromatic carbocycles. The molecule has 0 bridgehead atoms. The van der Waals surface area contributed by atoms with Gasteiger partial charge in [-0.25, -0.2) is 9.97 Å². The Labute approximate surface area is 166 Å². The lowest BCUT2D eigenvalue weighted by molar-refractivity contribution is 0.102. The third-order valence-electron chi connectivity index (χ3n) is 5.21. The standard InChI is InChI=1S/C20H22BrN5O/c1-3-4-12-5-7-13(8-6-12)25-19(27)14-15-17(22)23-11-24-18(15)26(16(14)21)20(2)9-10-20/h5-8,11H,3-4,9-10H2,1-2H3,(H,25,27)(H2,22,23,24). The van der Waals surface area contributed by atoms with Crippen LogP contribution in [0.2, 0.25) is 0 Å². The molecular formula is C20H22BrN5O. The minimum absolute atomic E-state index is 0.0434. The summed E-state index contributed by atoms with van der Waals surface area (Å²) >= 11 is 3.63. The summed E-state index contributed by atoms with van der Waals surface area (Å²) in [5.74, 6) is 0.0896. The molecule has 1 saturated carbocycles. The van der Waals surface area contributed by atoms with Crippen molar-refractivity contribution in [1.82, 2.24) is 14.5 Å². The van der Waals surface area contributed by atoms with E-state index in [1.165, 1.54) is 11.9 Å². The Kier molecular flexibility index (Phi) is 4.42. The molecule has 0 spiro atoms. The SMILES string of the molecule is CCCc1ccc(NC(=O)c2c(Br)n(C3(C)CC3)c3ncnc(N)c23)cc1. The van der Waals surface area contributed by atoms with Crippen LogP contribution in [-0.4, -0.2) is 20.4 Å². The zero-order valence-corrected chi connectivity index (χ0v) is 17.0. The zero-order valence-electron chi connectivity index (χ0n) is 15.4. The van der Waals surface area contributed by atoms with Crippen LogP contribution >= 0.6 is 15.9 Å². The molecule has 6 nitrogen and oxygen atoms in total. The van der Waals surface area contributed by atoms with Gasteiger partial charge in [-0.15, -0.1) is 0 Å². The number of nitrogens with two attached hydrogens (primary N) is 1. The highest BCUT2D eigenvalue weighted by Gasteiger charge is 2.43. The Hall–Kier alpha value is -2.41. The predicted octanol–water partition coefficient (Wildman–Crippen LogP) is 4.49. The van der Waals surface area contributed by atoms with E-state index < -0.39 is 0 Å². The van der Waals surface area contributed by atoms with Gasteiger partial charge in [0.2, 0.25) is 0 Å². The Morgan fingerprint density at radius 1 is 1.30 bits per heavy atom. The van der Waals surface area contributed by atoms with Gasteiger partial charge in [-0.1, -0.05) is 25.5 Å². The minimum atomic E-state index is -0.223. The monoisotopic (exact) mass is 427 g/mol. The van der Waals surface area contributed by atoms with Crippen LogP contribution in [-0.2, 0) is 12.0 Å². The fourth-order valence-corrected chi connectivity index (χ4v) is 4.42. The van der Waals surface area contributed by atoms with Crippen molar-refractivity contribution in [1.29, 1.82) is 0 Å². The maximum Gasteiger partial charge on any atom is 0.259 e. The van der Waals surface area contributed by atoms with Crippen LogP contribution in [0.5, 0.6) is 0 Å². The molecule has 1 amide bonds. The lowest BCUT2D eigenvalue weighted by atomic mass is 10.1. The van der Waals surface area contributed by atoms with Gasteiger partial charge in [0.25, 0.3) is 5.91 Å². The maximum absolute atomic E-state index is 13.1. The van der Waals surface area contributed by atoms with E-state index in [4.69, 9.17) is 5.73 Å². The number of halogens is 1. The van der Waals surface area contributed by atoms with E-state index >= 15 is 0 Å². The Morgan fingerprint density at radius 3 is 2.63 bits per heavy atom. The van der Waals surface area contributed by atoms with Gasteiger partial charge in [-0.2, -0.15) is 0 Å². The van der Waals surface area contributed by atoms with Crippen molar-refractivity contribution in [3.8, 4) is 0 Å². The summed E-state index contributed by atoms with van der Waals surface area (Å²) in [7, 11) is 0. The van der Waals surface area contributed by atoms with Gasteiger partial charge >= 0.3 is 0 Å². The van der Waals surface area contributed by atoms with Gasteiger partial charge in [0.05, 0.1) is 10.9 Å². The number of aromatic nitrogens is 3. The van der Waals surface area contributed by atoms with Crippen molar-refractivity contribution in [2.75, 3.05) is 11.1 Å². The number of rotatable bonds is 5. The molecule has 7 heteroatoms. The average Bonchev–Trinajstić information content (AvgIpc) is 3.29. The number of nitrogens with zero attached hydrogens (tertiary/aromatic N) is 3. The first-order valence-electron chi connectivity index (χ1n) is 9.16. The summed E-state index contributed by atoms with van der Waals surface area (Å²) in [6.45, 7) is 4.31. The van der Waals surface area contributed by atoms with E-state index in [0.717, 1.165) is 31.4 Å². The van der Waals surface area contributed by atoms with E-state index in [1.54, 1.807) is 0 Å². The van der Waals surface area contributed by atoms with Crippen molar-refractivity contribution < 1.29 is 4.79 Å². The number of fused-ring (bicyclic) bond motifs is 1. The van der Waals surface area contributed by atoms with Crippen molar-refractivity contribution in [3.05, 3.63) is 46.3 Å². The smallest absolute Gasteiger partial charge is 0.259 e. The highest BCUT2D eigenvalue weighted by Crippen LogP contribution is 2.48. The number of anilines is 2. The molecule has 3 N–H and O–H groups in total. The molecule has 3 aromatic rings. The fraction of sp³-hybridized carbons (Fsp3) is 0.350. The number of carbonyl (C=O) groups is 1. The van der Waals surface area contributed by atoms with Crippen LogP contribution in [0.25, 0.3) is 11.0 Å². The topological polar surface area (TPSA) is 85.8 Å². The molecule has 0 aliphatic heterocycles. The first-order valence-corrected chi connectivity index (χ1v) is 9.95. The number of hydrogen-bond donors (Lipinski definition) is 2. The van der Waals surface area contributed by atoms with Crippen molar-refractivity contribution in [2.45, 2.75) is 45.1 Å². The molecule has 140 valence electrons. The normalized spacial score (nSPS) is 15.1. The summed E-state index contributed by atoms with van der Waals surface area (Å²) in [6.07, 6.45) is 5.65. The third-order valence-corrected chi connectivity index (χ3v) is 5.96. The maximum atomic E-state index is 13.1. The van der Waals surface area contributed by atoms with E-state index in [-0.39, 0.29) is 11.4 Å². The molecule has 27 heavy (non-hydrogen) atoms. The molecule has 1 aliphatic carbocycles. The second-order valence-electron chi connectivity index (χ2n) is 7.36. The van der Waals surface area contributed by atoms with Gasteiger partial charge in [-0.3, -0.25) is 4.79 Å². The van der Waals surface area contributed by atoms with Gasteiger partial charge in [0, 0.05) is 11.2 Å². The number of nitrogen functional groups attached to an aromatic ring is 1. The summed E-state index contributed by atoms with van der Waals surface area (Å²) in [4.78, 5) is 21.6. The first kappa shape index (κ1) is 18.0. The summed E-state index contributed by atoms with van der Waals surface area (Å²) in [6, 6.07) is 7.94. The third kappa shape index (κ3) is 3.10. The van der Waals surface area contributed by atoms with E-state index in [9.17, 15) is 4.79 Å². The van der Waals surface area contributed by atoms with E-state index in [1.807, 2.05) is 24.3 Å². The molecule has 4 rings (SSSR count). The highest BCUT2D eigenvalue weighted by molar-refractivity contribution is 9.10. The highest BCUT2D eigenvalue weighted by atomic mass is 79.9. The molecule has 0 radical (unpaired) electrons. The van der Waals surface area contributed by atoms with E-state index in [2.05, 4.69) is 49.6 Å². The van der Waals surface area contributed by atoms with Crippen LogP contribution in [0.4, 0.5) is 11.5 Å². The molecular weight excluding hydrogens is 406 g/mol. The quantitative estimate of drug-likeness (QED) is 0.627. The number of benzene rings is 1. The summed E-state index contributed by atoms with van der Waals surface area (Å²) < 4.78 is 2.77. The Bertz CT molecular complexity index is 1020. The predicted molar refractivity (Wildman–Crippen MR) is 111 cm³/mol. The van der Waals surface area contributed by atoms with Crippen molar-refractivity contribution in [2.24, 2.45) is 0 Å². The molecule has 2 aromatic heterocycles. The lowest BCUT2D eigenvalue weighted by Crippen LogP contribution is -2.15. The van der Waals surface area contributed by atoms with Gasteiger partial charge in [0.15, 0.2) is 0 Å². The molecule has 2 heterocycles. The fourth-order valence-electron chi connectivity index (χ4n) is 3.45. The van der Waals surface area contributed by atoms with Crippen LogP contribution < -0.4 is 11.1 Å². The Morgan fingerprint density at radius 2 is 2.00 bits per heavy atom. The van der Waals surface area contributed by atoms with Gasteiger partial charge in [0.1, 0.15) is 22.4 Å². The van der Waals surface area contributed by atoms with Gasteiger partial charge < -0.3 is 15.6 Å². The largest absolute Gasteiger partial charge is 0.383 e. The van der Waals surface area contributed by atoms with Crippen LogP contribution in [0, 0.1) is 0 Å². The zero-order chi connectivity index (χ0) is 19.2. The molecule has 0 saturated heterocycles. The summed E-state index contributed by atoms with van der Waals surface area (Å²) in [5.41, 5.74) is 9.26. The van der Waals surface area contributed by atoms with Crippen LogP contribution in [0.3, 0.4) is 0 Å². The van der Waals surface area contributed by atoms with E-state index in [0.29, 0.717) is 27.0 Å². The number of aryl methyl sites for hydroxylation is 1. The number of carbonyl (C=O) groups excluding carboxylic acids is 1. The molecule has 0 unspecified atom stereocenters. The van der Waals surface area contributed by atoms with Crippen LogP contribution in [0.1, 0.15) is 49.0 Å². The number of amides is 1. The molecule has 0 atom stereocenters. The first-order chi connectivity index (χ1) is 12.9. The Balaban J connectivity index is 1.75. The second-order valence-corrected chi connectivity index (χ2v) is 8.11. The average molecular weight is 428 g/mol. The molecule has 1 aliphatic rings. The van der Waals surface area contributed by atoms with Crippen LogP contribution in [0.15, 0.2) is 35.2 Å². The second kappa shape index (κ2) is 6.64. The van der Waals surface area contributed by atoms with Crippen molar-refractivity contribution in [3.63, 3.8) is 0 Å². The van der Waals surface area contributed by atoms with Crippen molar-refractivity contribution >= 4 is 44.4 Å². The molecule has 1 fully saturated rings. The number of hydrogen-bond acceptors (Lipinski definition) is 4. The minimum Gasteiger partial charge on any atom is -0.383 e. The lowest BCUT2D eigenvalue weighted by Gasteiger charge is -2.14.